The molecule has 0 fully saturated rings. The van der Waals surface area contributed by atoms with Crippen molar-refractivity contribution in [2.75, 3.05) is 12.3 Å². The van der Waals surface area contributed by atoms with Gasteiger partial charge in [-0.25, -0.2) is 8.42 Å². The maximum absolute atomic E-state index is 12.1. The molecule has 3 nitrogen and oxygen atoms in total. The number of fused-ring (bicyclic) bond motifs is 1. The van der Waals surface area contributed by atoms with Gasteiger partial charge < -0.3 is 5.32 Å². The zero-order valence-corrected chi connectivity index (χ0v) is 11.4. The zero-order chi connectivity index (χ0) is 12.6. The van der Waals surface area contributed by atoms with E-state index in [0.29, 0.717) is 11.3 Å². The van der Waals surface area contributed by atoms with Crippen LogP contribution in [0.3, 0.4) is 0 Å². The summed E-state index contributed by atoms with van der Waals surface area (Å²) >= 11 is 0. The van der Waals surface area contributed by atoms with Crippen LogP contribution in [0.25, 0.3) is 0 Å². The first-order valence-corrected chi connectivity index (χ1v) is 7.68. The Bertz CT molecular complexity index is 535. The molecule has 1 unspecified atom stereocenters. The average molecular weight is 253 g/mol. The van der Waals surface area contributed by atoms with Gasteiger partial charge >= 0.3 is 0 Å². The summed E-state index contributed by atoms with van der Waals surface area (Å²) in [6.45, 7) is 6.89. The van der Waals surface area contributed by atoms with Crippen molar-refractivity contribution >= 4 is 9.84 Å². The fourth-order valence-electron chi connectivity index (χ4n) is 2.35. The Hall–Kier alpha value is -0.870. The maximum atomic E-state index is 12.1. The molecule has 1 aromatic rings. The van der Waals surface area contributed by atoms with E-state index in [0.717, 1.165) is 23.2 Å². The second-order valence-electron chi connectivity index (χ2n) is 4.69. The number of sulfone groups is 1. The summed E-state index contributed by atoms with van der Waals surface area (Å²) in [5, 5.41) is 3.36. The third kappa shape index (κ3) is 2.24. The molecule has 0 amide bonds. The second-order valence-corrected chi connectivity index (χ2v) is 6.77. The van der Waals surface area contributed by atoms with Crippen LogP contribution in [-0.2, 0) is 9.84 Å². The van der Waals surface area contributed by atoms with E-state index in [1.165, 1.54) is 0 Å². The van der Waals surface area contributed by atoms with Crippen molar-refractivity contribution in [1.82, 2.24) is 5.32 Å². The fraction of sp³-hybridized carbons (Fsp3) is 0.538. The highest BCUT2D eigenvalue weighted by Gasteiger charge is 2.30. The number of aryl methyl sites for hydroxylation is 2. The van der Waals surface area contributed by atoms with Gasteiger partial charge in [-0.15, -0.1) is 0 Å². The molecule has 4 heteroatoms. The molecule has 1 N–H and O–H groups in total. The number of nitrogens with one attached hydrogen (secondary N) is 1. The molecule has 1 aliphatic heterocycles. The molecule has 1 atom stereocenters. The van der Waals surface area contributed by atoms with E-state index in [4.69, 9.17) is 0 Å². The molecule has 0 radical (unpaired) electrons. The first-order chi connectivity index (χ1) is 7.95. The van der Waals surface area contributed by atoms with Crippen molar-refractivity contribution in [1.29, 1.82) is 0 Å². The van der Waals surface area contributed by atoms with Crippen molar-refractivity contribution in [3.05, 3.63) is 28.8 Å². The lowest BCUT2D eigenvalue weighted by Gasteiger charge is -2.27. The molecule has 17 heavy (non-hydrogen) atoms. The second kappa shape index (κ2) is 4.42. The Morgan fingerprint density at radius 2 is 1.94 bits per heavy atom. The molecule has 0 bridgehead atoms. The average Bonchev–Trinajstić information content (AvgIpc) is 2.26. The molecule has 0 saturated heterocycles. The largest absolute Gasteiger partial charge is 0.310 e. The minimum atomic E-state index is -3.07. The maximum Gasteiger partial charge on any atom is 0.178 e. The van der Waals surface area contributed by atoms with Crippen molar-refractivity contribution in [3.63, 3.8) is 0 Å². The van der Waals surface area contributed by atoms with Crippen molar-refractivity contribution in [2.45, 2.75) is 38.1 Å². The van der Waals surface area contributed by atoms with E-state index in [-0.39, 0.29) is 11.8 Å². The van der Waals surface area contributed by atoms with Crippen LogP contribution in [0.2, 0.25) is 0 Å². The van der Waals surface area contributed by atoms with Crippen LogP contribution in [0.15, 0.2) is 17.0 Å². The minimum absolute atomic E-state index is 0.179. The highest BCUT2D eigenvalue weighted by atomic mass is 32.2. The van der Waals surface area contributed by atoms with E-state index in [1.54, 1.807) is 0 Å². The van der Waals surface area contributed by atoms with Gasteiger partial charge in [0.2, 0.25) is 0 Å². The van der Waals surface area contributed by atoms with Crippen LogP contribution in [0.4, 0.5) is 0 Å². The molecule has 94 valence electrons. The van der Waals surface area contributed by atoms with Crippen LogP contribution in [0.5, 0.6) is 0 Å². The van der Waals surface area contributed by atoms with Gasteiger partial charge in [0, 0.05) is 6.04 Å². The Morgan fingerprint density at radius 1 is 1.29 bits per heavy atom. The molecule has 1 aliphatic rings. The van der Waals surface area contributed by atoms with Crippen LogP contribution in [-0.4, -0.2) is 20.7 Å². The molecule has 0 spiro atoms. The van der Waals surface area contributed by atoms with Gasteiger partial charge in [-0.05, 0) is 49.6 Å². The van der Waals surface area contributed by atoms with Crippen LogP contribution in [0.1, 0.15) is 36.1 Å². The van der Waals surface area contributed by atoms with Gasteiger partial charge in [0.05, 0.1) is 10.6 Å². The third-order valence-electron chi connectivity index (χ3n) is 3.46. The quantitative estimate of drug-likeness (QED) is 0.878. The van der Waals surface area contributed by atoms with Gasteiger partial charge in [-0.3, -0.25) is 0 Å². The Morgan fingerprint density at radius 3 is 2.59 bits per heavy atom. The fourth-order valence-corrected chi connectivity index (χ4v) is 4.03. The Labute approximate surface area is 103 Å². The predicted molar refractivity (Wildman–Crippen MR) is 69.0 cm³/mol. The van der Waals surface area contributed by atoms with E-state index in [2.05, 4.69) is 5.32 Å². The SMILES string of the molecule is CCNC1CCS(=O)(=O)c2cc(C)c(C)cc21. The first-order valence-electron chi connectivity index (χ1n) is 6.03. The molecule has 0 aromatic heterocycles. The lowest BCUT2D eigenvalue weighted by molar-refractivity contribution is 0.504. The molecule has 1 heterocycles. The summed E-state index contributed by atoms with van der Waals surface area (Å²) in [5.74, 6) is 0.250. The van der Waals surface area contributed by atoms with Crippen molar-refractivity contribution in [2.24, 2.45) is 0 Å². The molecular formula is C13H19NO2S. The van der Waals surface area contributed by atoms with Crippen LogP contribution in [0, 0.1) is 13.8 Å². The summed E-state index contributed by atoms with van der Waals surface area (Å²) in [6, 6.07) is 4.02. The lowest BCUT2D eigenvalue weighted by Crippen LogP contribution is -2.29. The first kappa shape index (κ1) is 12.6. The van der Waals surface area contributed by atoms with Gasteiger partial charge in [-0.1, -0.05) is 13.0 Å². The van der Waals surface area contributed by atoms with E-state index >= 15 is 0 Å². The standard InChI is InChI=1S/C13H19NO2S/c1-4-14-12-5-6-17(15,16)13-8-10(3)9(2)7-11(12)13/h7-8,12,14H,4-6H2,1-3H3. The Balaban J connectivity index is 2.60. The molecule has 0 saturated carbocycles. The van der Waals surface area contributed by atoms with Crippen LogP contribution < -0.4 is 5.32 Å². The van der Waals surface area contributed by atoms with Gasteiger partial charge in [-0.2, -0.15) is 0 Å². The number of hydrogen-bond donors (Lipinski definition) is 1. The predicted octanol–water partition coefficient (Wildman–Crippen LogP) is 2.13. The number of hydrogen-bond acceptors (Lipinski definition) is 3. The highest BCUT2D eigenvalue weighted by molar-refractivity contribution is 7.91. The number of rotatable bonds is 2. The summed E-state index contributed by atoms with van der Waals surface area (Å²) in [4.78, 5) is 0.526. The van der Waals surface area contributed by atoms with E-state index < -0.39 is 9.84 Å². The smallest absolute Gasteiger partial charge is 0.178 e. The third-order valence-corrected chi connectivity index (χ3v) is 5.26. The summed E-state index contributed by atoms with van der Waals surface area (Å²) in [7, 11) is -3.07. The van der Waals surface area contributed by atoms with Crippen molar-refractivity contribution in [3.8, 4) is 0 Å². The van der Waals surface area contributed by atoms with Gasteiger partial charge in [0.1, 0.15) is 0 Å². The topological polar surface area (TPSA) is 46.2 Å². The molecule has 1 aromatic carbocycles. The van der Waals surface area contributed by atoms with E-state index in [1.807, 2.05) is 32.9 Å². The normalized spacial score (nSPS) is 22.2. The zero-order valence-electron chi connectivity index (χ0n) is 10.6. The summed E-state index contributed by atoms with van der Waals surface area (Å²) < 4.78 is 24.1. The Kier molecular flexibility index (Phi) is 3.27. The van der Waals surface area contributed by atoms with Gasteiger partial charge in [0.15, 0.2) is 9.84 Å². The molecule has 2 rings (SSSR count). The van der Waals surface area contributed by atoms with Crippen molar-refractivity contribution < 1.29 is 8.42 Å². The van der Waals surface area contributed by atoms with Gasteiger partial charge in [0.25, 0.3) is 0 Å². The molecule has 0 aliphatic carbocycles. The lowest BCUT2D eigenvalue weighted by atomic mass is 9.99. The number of benzene rings is 1. The van der Waals surface area contributed by atoms with Crippen LogP contribution >= 0.6 is 0 Å². The van der Waals surface area contributed by atoms with E-state index in [9.17, 15) is 8.42 Å². The minimum Gasteiger partial charge on any atom is -0.310 e. The monoisotopic (exact) mass is 253 g/mol. The summed E-state index contributed by atoms with van der Waals surface area (Å²) in [6.07, 6.45) is 0.672. The highest BCUT2D eigenvalue weighted by Crippen LogP contribution is 2.33. The summed E-state index contributed by atoms with van der Waals surface area (Å²) in [5.41, 5.74) is 3.15. The molecular weight excluding hydrogens is 234 g/mol.